The minimum absolute atomic E-state index is 0.375. The SMILES string of the molecule is CCOc1ccc(OC(C)C(=O)NNC(=O)c2cc(C)nc3c2cnn3Cc2cccs2)cc1. The van der Waals surface area contributed by atoms with Crippen molar-refractivity contribution in [3.8, 4) is 11.5 Å². The maximum Gasteiger partial charge on any atom is 0.279 e. The molecule has 2 N–H and O–H groups in total. The molecule has 34 heavy (non-hydrogen) atoms. The first kappa shape index (κ1) is 23.2. The molecule has 0 aliphatic rings. The van der Waals surface area contributed by atoms with Gasteiger partial charge in [0, 0.05) is 10.6 Å². The monoisotopic (exact) mass is 479 g/mol. The zero-order valence-corrected chi connectivity index (χ0v) is 19.9. The summed E-state index contributed by atoms with van der Waals surface area (Å²) in [5.74, 6) is 0.282. The number of pyridine rings is 1. The van der Waals surface area contributed by atoms with E-state index in [2.05, 4.69) is 20.9 Å². The number of aromatic nitrogens is 3. The largest absolute Gasteiger partial charge is 0.494 e. The van der Waals surface area contributed by atoms with Gasteiger partial charge in [-0.3, -0.25) is 20.4 Å². The summed E-state index contributed by atoms with van der Waals surface area (Å²) in [4.78, 5) is 31.0. The van der Waals surface area contributed by atoms with E-state index in [4.69, 9.17) is 9.47 Å². The molecule has 0 aliphatic heterocycles. The van der Waals surface area contributed by atoms with Crippen LogP contribution in [0.25, 0.3) is 11.0 Å². The number of amides is 2. The van der Waals surface area contributed by atoms with Gasteiger partial charge in [-0.1, -0.05) is 6.07 Å². The molecule has 4 aromatic rings. The lowest BCUT2D eigenvalue weighted by molar-refractivity contribution is -0.128. The summed E-state index contributed by atoms with van der Waals surface area (Å²) in [6.45, 7) is 6.44. The summed E-state index contributed by atoms with van der Waals surface area (Å²) in [5.41, 5.74) is 6.54. The summed E-state index contributed by atoms with van der Waals surface area (Å²) in [7, 11) is 0. The molecule has 0 spiro atoms. The van der Waals surface area contributed by atoms with E-state index in [-0.39, 0.29) is 0 Å². The number of fused-ring (bicyclic) bond motifs is 1. The highest BCUT2D eigenvalue weighted by Crippen LogP contribution is 2.21. The fourth-order valence-electron chi connectivity index (χ4n) is 3.35. The first-order chi connectivity index (χ1) is 16.4. The van der Waals surface area contributed by atoms with E-state index in [9.17, 15) is 9.59 Å². The number of aryl methyl sites for hydroxylation is 1. The first-order valence-electron chi connectivity index (χ1n) is 10.8. The molecule has 9 nitrogen and oxygen atoms in total. The number of thiophene rings is 1. The van der Waals surface area contributed by atoms with E-state index in [1.165, 1.54) is 0 Å². The molecule has 1 unspecified atom stereocenters. The lowest BCUT2D eigenvalue weighted by Crippen LogP contribution is -2.47. The molecule has 176 valence electrons. The third-order valence-corrected chi connectivity index (χ3v) is 5.84. The number of nitrogens with zero attached hydrogens (tertiary/aromatic N) is 3. The summed E-state index contributed by atoms with van der Waals surface area (Å²) >= 11 is 1.63. The minimum atomic E-state index is -0.828. The number of hydrazine groups is 1. The zero-order chi connectivity index (χ0) is 24.1. The molecule has 2 amide bonds. The molecule has 4 rings (SSSR count). The average molecular weight is 480 g/mol. The van der Waals surface area contributed by atoms with Crippen molar-refractivity contribution in [3.63, 3.8) is 0 Å². The number of rotatable bonds is 8. The average Bonchev–Trinajstić information content (AvgIpc) is 3.48. The lowest BCUT2D eigenvalue weighted by Gasteiger charge is -2.15. The zero-order valence-electron chi connectivity index (χ0n) is 19.1. The molecule has 0 aliphatic carbocycles. The molecule has 0 saturated heterocycles. The summed E-state index contributed by atoms with van der Waals surface area (Å²) in [6, 6.07) is 12.6. The molecule has 0 bridgehead atoms. The number of hydrogen-bond acceptors (Lipinski definition) is 7. The fourth-order valence-corrected chi connectivity index (χ4v) is 4.04. The number of carbonyl (C=O) groups is 2. The van der Waals surface area contributed by atoms with Crippen molar-refractivity contribution >= 4 is 34.2 Å². The van der Waals surface area contributed by atoms with Gasteiger partial charge in [0.1, 0.15) is 11.5 Å². The third-order valence-electron chi connectivity index (χ3n) is 4.98. The van der Waals surface area contributed by atoms with Crippen molar-refractivity contribution in [1.82, 2.24) is 25.6 Å². The smallest absolute Gasteiger partial charge is 0.279 e. The van der Waals surface area contributed by atoms with Gasteiger partial charge in [0.05, 0.1) is 30.3 Å². The van der Waals surface area contributed by atoms with Gasteiger partial charge < -0.3 is 9.47 Å². The number of ether oxygens (including phenoxy) is 2. The predicted octanol–water partition coefficient (Wildman–Crippen LogP) is 3.48. The standard InChI is InChI=1S/C24H25N5O4S/c1-4-32-17-7-9-18(10-8-17)33-16(3)23(30)27-28-24(31)20-12-15(2)26-22-21(20)13-25-29(22)14-19-6-5-11-34-19/h5-13,16H,4,14H2,1-3H3,(H,27,30)(H,28,31). The Morgan fingerprint density at radius 1 is 1.15 bits per heavy atom. The van der Waals surface area contributed by atoms with Gasteiger partial charge in [0.25, 0.3) is 11.8 Å². The number of nitrogens with one attached hydrogen (secondary N) is 2. The molecular formula is C24H25N5O4S. The van der Waals surface area contributed by atoms with Crippen LogP contribution in [0.3, 0.4) is 0 Å². The minimum Gasteiger partial charge on any atom is -0.494 e. The Morgan fingerprint density at radius 2 is 1.91 bits per heavy atom. The van der Waals surface area contributed by atoms with E-state index < -0.39 is 17.9 Å². The molecule has 0 saturated carbocycles. The van der Waals surface area contributed by atoms with Crippen molar-refractivity contribution in [2.75, 3.05) is 6.61 Å². The maximum atomic E-state index is 12.9. The van der Waals surface area contributed by atoms with E-state index >= 15 is 0 Å². The van der Waals surface area contributed by atoms with Gasteiger partial charge in [-0.25, -0.2) is 9.67 Å². The van der Waals surface area contributed by atoms with Crippen LogP contribution in [0.4, 0.5) is 0 Å². The highest BCUT2D eigenvalue weighted by molar-refractivity contribution is 7.09. The molecule has 1 aromatic carbocycles. The van der Waals surface area contributed by atoms with Crippen LogP contribution in [-0.2, 0) is 11.3 Å². The molecule has 10 heteroatoms. The molecule has 1 atom stereocenters. The van der Waals surface area contributed by atoms with E-state index in [1.54, 1.807) is 59.5 Å². The Kier molecular flexibility index (Phi) is 7.07. The molecule has 0 radical (unpaired) electrons. The van der Waals surface area contributed by atoms with Crippen molar-refractivity contribution in [2.24, 2.45) is 0 Å². The van der Waals surface area contributed by atoms with Crippen LogP contribution in [0, 0.1) is 6.92 Å². The molecule has 0 fully saturated rings. The van der Waals surface area contributed by atoms with Crippen LogP contribution < -0.4 is 20.3 Å². The Labute approximate surface area is 200 Å². The summed E-state index contributed by atoms with van der Waals surface area (Å²) in [6.07, 6.45) is 0.787. The Bertz CT molecular complexity index is 1280. The second kappa shape index (κ2) is 10.3. The van der Waals surface area contributed by atoms with Crippen LogP contribution in [0.5, 0.6) is 11.5 Å². The van der Waals surface area contributed by atoms with E-state index in [0.717, 1.165) is 10.6 Å². The summed E-state index contributed by atoms with van der Waals surface area (Å²) in [5, 5.41) is 7.01. The summed E-state index contributed by atoms with van der Waals surface area (Å²) < 4.78 is 12.8. The maximum absolute atomic E-state index is 12.9. The van der Waals surface area contributed by atoms with Crippen LogP contribution >= 0.6 is 11.3 Å². The topological polar surface area (TPSA) is 107 Å². The quantitative estimate of drug-likeness (QED) is 0.375. The molecule has 3 aromatic heterocycles. The fraction of sp³-hybridized carbons (Fsp3) is 0.250. The third kappa shape index (κ3) is 5.34. The predicted molar refractivity (Wildman–Crippen MR) is 129 cm³/mol. The number of carbonyl (C=O) groups excluding carboxylic acids is 2. The Morgan fingerprint density at radius 3 is 2.62 bits per heavy atom. The normalized spacial score (nSPS) is 11.7. The number of hydrogen-bond donors (Lipinski definition) is 2. The molecular weight excluding hydrogens is 454 g/mol. The highest BCUT2D eigenvalue weighted by Gasteiger charge is 2.19. The van der Waals surface area contributed by atoms with Crippen LogP contribution in [-0.4, -0.2) is 39.3 Å². The van der Waals surface area contributed by atoms with Gasteiger partial charge in [-0.2, -0.15) is 5.10 Å². The van der Waals surface area contributed by atoms with Crippen molar-refractivity contribution in [1.29, 1.82) is 0 Å². The van der Waals surface area contributed by atoms with Gasteiger partial charge in [0.2, 0.25) is 0 Å². The van der Waals surface area contributed by atoms with Crippen LogP contribution in [0.2, 0.25) is 0 Å². The Hall–Kier alpha value is -3.92. The van der Waals surface area contributed by atoms with E-state index in [0.29, 0.717) is 41.2 Å². The Balaban J connectivity index is 1.40. The number of benzene rings is 1. The van der Waals surface area contributed by atoms with Crippen molar-refractivity contribution < 1.29 is 19.1 Å². The van der Waals surface area contributed by atoms with E-state index in [1.807, 2.05) is 31.4 Å². The second-order valence-corrected chi connectivity index (χ2v) is 8.57. The van der Waals surface area contributed by atoms with Gasteiger partial charge in [0.15, 0.2) is 11.8 Å². The molecule has 3 heterocycles. The van der Waals surface area contributed by atoms with Crippen molar-refractivity contribution in [2.45, 2.75) is 33.4 Å². The lowest BCUT2D eigenvalue weighted by atomic mass is 10.1. The first-order valence-corrected chi connectivity index (χ1v) is 11.7. The second-order valence-electron chi connectivity index (χ2n) is 7.54. The highest BCUT2D eigenvalue weighted by atomic mass is 32.1. The van der Waals surface area contributed by atoms with Crippen LogP contribution in [0.1, 0.15) is 34.8 Å². The van der Waals surface area contributed by atoms with Gasteiger partial charge in [-0.05, 0) is 62.5 Å². The van der Waals surface area contributed by atoms with Crippen LogP contribution in [0.15, 0.2) is 54.0 Å². The van der Waals surface area contributed by atoms with Gasteiger partial charge >= 0.3 is 0 Å². The van der Waals surface area contributed by atoms with Gasteiger partial charge in [-0.15, -0.1) is 11.3 Å². The van der Waals surface area contributed by atoms with Crippen molar-refractivity contribution in [3.05, 3.63) is 70.2 Å².